The summed E-state index contributed by atoms with van der Waals surface area (Å²) in [5.41, 5.74) is 2.31. The Hall–Kier alpha value is -2.43. The lowest BCUT2D eigenvalue weighted by atomic mass is 10.1. The first-order chi connectivity index (χ1) is 8.56. The summed E-state index contributed by atoms with van der Waals surface area (Å²) in [4.78, 5) is 18.3. The van der Waals surface area contributed by atoms with Gasteiger partial charge < -0.3 is 9.84 Å². The van der Waals surface area contributed by atoms with Crippen molar-refractivity contribution in [2.45, 2.75) is 13.8 Å². The quantitative estimate of drug-likeness (QED) is 0.898. The van der Waals surface area contributed by atoms with Crippen molar-refractivity contribution in [1.29, 1.82) is 0 Å². The highest BCUT2D eigenvalue weighted by Crippen LogP contribution is 2.20. The maximum atomic E-state index is 10.6. The van der Waals surface area contributed by atoms with Gasteiger partial charge in [-0.15, -0.1) is 0 Å². The molecule has 0 unspecified atom stereocenters. The molecule has 5 nitrogen and oxygen atoms in total. The molecule has 0 radical (unpaired) electrons. The highest BCUT2D eigenvalue weighted by molar-refractivity contribution is 5.86. The first kappa shape index (κ1) is 12.0. The van der Waals surface area contributed by atoms with E-state index in [4.69, 9.17) is 9.84 Å². The van der Waals surface area contributed by atoms with Gasteiger partial charge in [0.2, 0.25) is 0 Å². The Morgan fingerprint density at radius 2 is 1.83 bits per heavy atom. The van der Waals surface area contributed by atoms with Gasteiger partial charge in [0.05, 0.1) is 5.56 Å². The van der Waals surface area contributed by atoms with E-state index >= 15 is 0 Å². The number of carbonyl (C=O) groups is 1. The number of rotatable bonds is 3. The molecule has 0 atom stereocenters. The van der Waals surface area contributed by atoms with Crippen molar-refractivity contribution in [3.63, 3.8) is 0 Å². The van der Waals surface area contributed by atoms with Crippen LogP contribution in [0.4, 0.5) is 0 Å². The fourth-order valence-electron chi connectivity index (χ4n) is 1.36. The van der Waals surface area contributed by atoms with Gasteiger partial charge >= 0.3 is 12.0 Å². The molecule has 0 aliphatic heterocycles. The number of ether oxygens (including phenoxy) is 1. The standard InChI is InChI=1S/C13H12N2O3/c1-8-3-4-11(5-9(8)2)18-13-14-6-10(7-15-13)12(16)17/h3-7H,1-2H3,(H,16,17). The number of aromatic carboxylic acids is 1. The van der Waals surface area contributed by atoms with E-state index in [0.29, 0.717) is 5.75 Å². The normalized spacial score (nSPS) is 10.1. The van der Waals surface area contributed by atoms with Crippen LogP contribution in [0.1, 0.15) is 21.5 Å². The van der Waals surface area contributed by atoms with Crippen molar-refractivity contribution >= 4 is 5.97 Å². The van der Waals surface area contributed by atoms with E-state index in [1.165, 1.54) is 18.0 Å². The highest BCUT2D eigenvalue weighted by atomic mass is 16.5. The van der Waals surface area contributed by atoms with Crippen molar-refractivity contribution in [2.24, 2.45) is 0 Å². The van der Waals surface area contributed by atoms with E-state index in [2.05, 4.69) is 9.97 Å². The Kier molecular flexibility index (Phi) is 3.23. The first-order valence-corrected chi connectivity index (χ1v) is 5.36. The molecule has 0 aliphatic rings. The maximum Gasteiger partial charge on any atom is 0.338 e. The zero-order valence-electron chi connectivity index (χ0n) is 10.0. The fourth-order valence-corrected chi connectivity index (χ4v) is 1.36. The number of hydrogen-bond donors (Lipinski definition) is 1. The minimum absolute atomic E-state index is 0.0300. The average Bonchev–Trinajstić information content (AvgIpc) is 2.34. The summed E-state index contributed by atoms with van der Waals surface area (Å²) in [6.45, 7) is 3.99. The van der Waals surface area contributed by atoms with E-state index in [9.17, 15) is 4.79 Å². The third-order valence-electron chi connectivity index (χ3n) is 2.56. The lowest BCUT2D eigenvalue weighted by Gasteiger charge is -2.06. The molecule has 1 heterocycles. The van der Waals surface area contributed by atoms with E-state index in [1.807, 2.05) is 32.0 Å². The second-order valence-corrected chi connectivity index (χ2v) is 3.91. The van der Waals surface area contributed by atoms with E-state index in [1.54, 1.807) is 0 Å². The predicted octanol–water partition coefficient (Wildman–Crippen LogP) is 2.58. The number of aryl methyl sites for hydroxylation is 2. The predicted molar refractivity (Wildman–Crippen MR) is 65.0 cm³/mol. The van der Waals surface area contributed by atoms with Crippen molar-refractivity contribution in [2.75, 3.05) is 0 Å². The third-order valence-corrected chi connectivity index (χ3v) is 2.56. The summed E-state index contributed by atoms with van der Waals surface area (Å²) in [6, 6.07) is 5.76. The van der Waals surface area contributed by atoms with Crippen molar-refractivity contribution < 1.29 is 14.6 Å². The molecule has 1 aromatic carbocycles. The lowest BCUT2D eigenvalue weighted by Crippen LogP contribution is -2.00. The number of nitrogens with zero attached hydrogens (tertiary/aromatic N) is 2. The molecule has 5 heteroatoms. The van der Waals surface area contributed by atoms with E-state index in [0.717, 1.165) is 5.56 Å². The van der Waals surface area contributed by atoms with Crippen molar-refractivity contribution in [1.82, 2.24) is 9.97 Å². The van der Waals surface area contributed by atoms with Crippen LogP contribution in [0.5, 0.6) is 11.8 Å². The van der Waals surface area contributed by atoms with Crippen LogP contribution in [0.25, 0.3) is 0 Å². The molecule has 0 fully saturated rings. The number of carboxylic acids is 1. The SMILES string of the molecule is Cc1ccc(Oc2ncc(C(=O)O)cn2)cc1C. The Labute approximate surface area is 104 Å². The lowest BCUT2D eigenvalue weighted by molar-refractivity contribution is 0.0696. The van der Waals surface area contributed by atoms with Crippen LogP contribution in [0, 0.1) is 13.8 Å². The molecule has 2 rings (SSSR count). The zero-order valence-corrected chi connectivity index (χ0v) is 10.0. The molecular formula is C13H12N2O3. The van der Waals surface area contributed by atoms with Gasteiger partial charge in [-0.3, -0.25) is 0 Å². The summed E-state index contributed by atoms with van der Waals surface area (Å²) in [5.74, 6) is -0.436. The molecule has 92 valence electrons. The molecule has 0 saturated carbocycles. The average molecular weight is 244 g/mol. The van der Waals surface area contributed by atoms with Crippen LogP contribution in [0.15, 0.2) is 30.6 Å². The Morgan fingerprint density at radius 1 is 1.17 bits per heavy atom. The second-order valence-electron chi connectivity index (χ2n) is 3.91. The largest absolute Gasteiger partial charge is 0.478 e. The minimum atomic E-state index is -1.06. The molecule has 0 aliphatic carbocycles. The molecular weight excluding hydrogens is 232 g/mol. The van der Waals surface area contributed by atoms with E-state index < -0.39 is 5.97 Å². The van der Waals surface area contributed by atoms with Gasteiger partial charge in [0.1, 0.15) is 5.75 Å². The van der Waals surface area contributed by atoms with Crippen LogP contribution < -0.4 is 4.74 Å². The summed E-state index contributed by atoms with van der Waals surface area (Å²) >= 11 is 0. The van der Waals surface area contributed by atoms with Gasteiger partial charge in [-0.1, -0.05) is 6.07 Å². The minimum Gasteiger partial charge on any atom is -0.478 e. The van der Waals surface area contributed by atoms with Crippen LogP contribution in [-0.4, -0.2) is 21.0 Å². The molecule has 2 aromatic rings. The third kappa shape index (κ3) is 2.63. The molecule has 0 amide bonds. The van der Waals surface area contributed by atoms with Crippen LogP contribution >= 0.6 is 0 Å². The van der Waals surface area contributed by atoms with Gasteiger partial charge in [0.25, 0.3) is 0 Å². The van der Waals surface area contributed by atoms with E-state index in [-0.39, 0.29) is 11.6 Å². The molecule has 1 aromatic heterocycles. The number of hydrogen-bond acceptors (Lipinski definition) is 4. The van der Waals surface area contributed by atoms with Gasteiger partial charge in [-0.2, -0.15) is 0 Å². The molecule has 18 heavy (non-hydrogen) atoms. The fraction of sp³-hybridized carbons (Fsp3) is 0.154. The van der Waals surface area contributed by atoms with Crippen molar-refractivity contribution in [3.8, 4) is 11.8 Å². The molecule has 0 spiro atoms. The Balaban J connectivity index is 2.18. The molecule has 0 bridgehead atoms. The number of carboxylic acid groups (broad SMARTS) is 1. The first-order valence-electron chi connectivity index (χ1n) is 5.36. The summed E-state index contributed by atoms with van der Waals surface area (Å²) in [5, 5.41) is 8.71. The summed E-state index contributed by atoms with van der Waals surface area (Å²) < 4.78 is 5.43. The zero-order chi connectivity index (χ0) is 13.1. The van der Waals surface area contributed by atoms with Crippen molar-refractivity contribution in [3.05, 3.63) is 47.3 Å². The molecule has 0 saturated heterocycles. The van der Waals surface area contributed by atoms with Gasteiger partial charge in [-0.25, -0.2) is 14.8 Å². The van der Waals surface area contributed by atoms with Gasteiger partial charge in [-0.05, 0) is 37.1 Å². The van der Waals surface area contributed by atoms with Crippen LogP contribution in [0.3, 0.4) is 0 Å². The van der Waals surface area contributed by atoms with Crippen LogP contribution in [0.2, 0.25) is 0 Å². The Bertz CT molecular complexity index is 579. The Morgan fingerprint density at radius 3 is 2.39 bits per heavy atom. The second kappa shape index (κ2) is 4.83. The van der Waals surface area contributed by atoms with Crippen LogP contribution in [-0.2, 0) is 0 Å². The van der Waals surface area contributed by atoms with Gasteiger partial charge in [0.15, 0.2) is 0 Å². The topological polar surface area (TPSA) is 72.3 Å². The number of benzene rings is 1. The summed E-state index contributed by atoms with van der Waals surface area (Å²) in [6.07, 6.45) is 2.43. The monoisotopic (exact) mass is 244 g/mol. The highest BCUT2D eigenvalue weighted by Gasteiger charge is 2.06. The van der Waals surface area contributed by atoms with Gasteiger partial charge in [0, 0.05) is 12.4 Å². The number of aromatic nitrogens is 2. The maximum absolute atomic E-state index is 10.6. The summed E-state index contributed by atoms with van der Waals surface area (Å²) in [7, 11) is 0. The molecule has 1 N–H and O–H groups in total. The smallest absolute Gasteiger partial charge is 0.338 e.